The van der Waals surface area contributed by atoms with Crippen molar-refractivity contribution in [2.45, 2.75) is 12.5 Å². The zero-order valence-corrected chi connectivity index (χ0v) is 17.3. The molecule has 1 aliphatic rings. The van der Waals surface area contributed by atoms with Gasteiger partial charge in [0.25, 0.3) is 5.91 Å². The lowest BCUT2D eigenvalue weighted by Crippen LogP contribution is -2.20. The maximum Gasteiger partial charge on any atom is 0.258 e. The van der Waals surface area contributed by atoms with Crippen LogP contribution < -0.4 is 22.1 Å². The highest BCUT2D eigenvalue weighted by Crippen LogP contribution is 2.38. The summed E-state index contributed by atoms with van der Waals surface area (Å²) in [6.07, 6.45) is 0.0750. The van der Waals surface area contributed by atoms with Crippen molar-refractivity contribution < 1.29 is 9.59 Å². The third kappa shape index (κ3) is 4.45. The third-order valence-electron chi connectivity index (χ3n) is 5.07. The zero-order chi connectivity index (χ0) is 22.0. The van der Waals surface area contributed by atoms with E-state index < -0.39 is 11.9 Å². The highest BCUT2D eigenvalue weighted by atomic mass is 35.5. The average molecular weight is 433 g/mol. The molecule has 4 rings (SSSR count). The van der Waals surface area contributed by atoms with Crippen molar-refractivity contribution >= 4 is 46.1 Å². The Kier molecular flexibility index (Phi) is 5.75. The molecule has 0 spiro atoms. The highest BCUT2D eigenvalue weighted by molar-refractivity contribution is 6.38. The van der Waals surface area contributed by atoms with E-state index in [0.717, 1.165) is 22.4 Å². The molecule has 156 valence electrons. The van der Waals surface area contributed by atoms with Crippen molar-refractivity contribution in [3.63, 3.8) is 0 Å². The third-order valence-corrected chi connectivity index (χ3v) is 5.30. The number of nitrogens with two attached hydrogens (primary N) is 2. The molecule has 0 bridgehead atoms. The SMILES string of the molecule is NC(=O)CC(N)c1ccc(NC(=C2C(=O)Nc3cc(Cl)ccc32)c2ccccc2)cc1. The topological polar surface area (TPSA) is 110 Å². The Morgan fingerprint density at radius 1 is 1.03 bits per heavy atom. The molecule has 31 heavy (non-hydrogen) atoms. The molecule has 1 aliphatic heterocycles. The molecule has 3 aromatic carbocycles. The fourth-order valence-corrected chi connectivity index (χ4v) is 3.74. The fraction of sp³-hybridized carbons (Fsp3) is 0.0833. The van der Waals surface area contributed by atoms with Gasteiger partial charge >= 0.3 is 0 Å². The first kappa shape index (κ1) is 20.7. The van der Waals surface area contributed by atoms with Crippen LogP contribution >= 0.6 is 11.6 Å². The van der Waals surface area contributed by atoms with Gasteiger partial charge in [-0.3, -0.25) is 9.59 Å². The lowest BCUT2D eigenvalue weighted by atomic mass is 9.99. The second kappa shape index (κ2) is 8.63. The molecular formula is C24H21ClN4O2. The van der Waals surface area contributed by atoms with Gasteiger partial charge in [-0.15, -0.1) is 0 Å². The Morgan fingerprint density at radius 3 is 2.42 bits per heavy atom. The number of fused-ring (bicyclic) bond motifs is 1. The minimum atomic E-state index is -0.462. The first-order valence-corrected chi connectivity index (χ1v) is 10.1. The van der Waals surface area contributed by atoms with Crippen molar-refractivity contribution in [1.29, 1.82) is 0 Å². The Labute approximate surface area is 184 Å². The van der Waals surface area contributed by atoms with Crippen LogP contribution in [0.1, 0.15) is 29.2 Å². The summed E-state index contributed by atoms with van der Waals surface area (Å²) in [7, 11) is 0. The van der Waals surface area contributed by atoms with Crippen LogP contribution in [-0.4, -0.2) is 11.8 Å². The molecule has 6 N–H and O–H groups in total. The number of amides is 2. The van der Waals surface area contributed by atoms with E-state index in [9.17, 15) is 9.59 Å². The van der Waals surface area contributed by atoms with Gasteiger partial charge in [-0.05, 0) is 35.4 Å². The molecule has 0 saturated heterocycles. The monoisotopic (exact) mass is 432 g/mol. The summed E-state index contributed by atoms with van der Waals surface area (Å²) < 4.78 is 0. The van der Waals surface area contributed by atoms with Gasteiger partial charge in [0.1, 0.15) is 0 Å². The molecule has 0 radical (unpaired) electrons. The zero-order valence-electron chi connectivity index (χ0n) is 16.6. The predicted octanol–water partition coefficient (Wildman–Crippen LogP) is 4.15. The predicted molar refractivity (Wildman–Crippen MR) is 124 cm³/mol. The Hall–Kier alpha value is -3.61. The van der Waals surface area contributed by atoms with Gasteiger partial charge in [-0.25, -0.2) is 0 Å². The van der Waals surface area contributed by atoms with Crippen LogP contribution in [0.2, 0.25) is 5.02 Å². The van der Waals surface area contributed by atoms with Gasteiger partial charge in [0.15, 0.2) is 0 Å². The van der Waals surface area contributed by atoms with Crippen LogP contribution in [0.4, 0.5) is 11.4 Å². The number of anilines is 2. The molecular weight excluding hydrogens is 412 g/mol. The van der Waals surface area contributed by atoms with Crippen molar-refractivity contribution in [2.75, 3.05) is 10.6 Å². The average Bonchev–Trinajstić information content (AvgIpc) is 3.07. The number of hydrogen-bond donors (Lipinski definition) is 4. The normalized spacial score (nSPS) is 15.1. The van der Waals surface area contributed by atoms with E-state index in [-0.39, 0.29) is 12.3 Å². The lowest BCUT2D eigenvalue weighted by molar-refractivity contribution is -0.118. The number of benzene rings is 3. The summed E-state index contributed by atoms with van der Waals surface area (Å²) in [6.45, 7) is 0. The van der Waals surface area contributed by atoms with E-state index in [0.29, 0.717) is 22.0 Å². The van der Waals surface area contributed by atoms with E-state index in [1.54, 1.807) is 12.1 Å². The smallest absolute Gasteiger partial charge is 0.258 e. The van der Waals surface area contributed by atoms with E-state index in [4.69, 9.17) is 23.1 Å². The molecule has 0 aromatic heterocycles. The first-order chi connectivity index (χ1) is 14.9. The van der Waals surface area contributed by atoms with E-state index in [1.165, 1.54) is 0 Å². The molecule has 0 fully saturated rings. The van der Waals surface area contributed by atoms with Crippen LogP contribution in [0.3, 0.4) is 0 Å². The number of carbonyl (C=O) groups excluding carboxylic acids is 2. The summed E-state index contributed by atoms with van der Waals surface area (Å²) in [4.78, 5) is 24.0. The molecule has 6 nitrogen and oxygen atoms in total. The molecule has 1 unspecified atom stereocenters. The van der Waals surface area contributed by atoms with Gasteiger partial charge in [0, 0.05) is 28.7 Å². The summed E-state index contributed by atoms with van der Waals surface area (Å²) in [6, 6.07) is 21.9. The van der Waals surface area contributed by atoms with E-state index in [2.05, 4.69) is 10.6 Å². The van der Waals surface area contributed by atoms with Crippen LogP contribution in [0.25, 0.3) is 11.3 Å². The van der Waals surface area contributed by atoms with Crippen LogP contribution in [0.5, 0.6) is 0 Å². The largest absolute Gasteiger partial charge is 0.370 e. The Bertz CT molecular complexity index is 1170. The number of nitrogens with one attached hydrogen (secondary N) is 2. The molecule has 2 amide bonds. The second-order valence-electron chi connectivity index (χ2n) is 7.28. The maximum absolute atomic E-state index is 12.9. The maximum atomic E-state index is 12.9. The number of carbonyl (C=O) groups is 2. The standard InChI is InChI=1S/C24H21ClN4O2/c25-16-8-11-18-20(12-16)29-24(31)22(18)23(15-4-2-1-3-5-15)28-17-9-6-14(7-10-17)19(26)13-21(27)30/h1-12,19,28H,13,26H2,(H2,27,30)(H,29,31). The second-order valence-corrected chi connectivity index (χ2v) is 7.72. The molecule has 3 aromatic rings. The van der Waals surface area contributed by atoms with Gasteiger partial charge in [0.2, 0.25) is 5.91 Å². The van der Waals surface area contributed by atoms with Gasteiger partial charge < -0.3 is 22.1 Å². The van der Waals surface area contributed by atoms with Crippen molar-refractivity contribution in [3.05, 3.63) is 94.5 Å². The van der Waals surface area contributed by atoms with Crippen LogP contribution in [0, 0.1) is 0 Å². The number of rotatable bonds is 6. The minimum Gasteiger partial charge on any atom is -0.370 e. The minimum absolute atomic E-state index is 0.0750. The number of halogens is 1. The van der Waals surface area contributed by atoms with Crippen LogP contribution in [-0.2, 0) is 9.59 Å². The molecule has 1 atom stereocenters. The molecule has 0 aliphatic carbocycles. The summed E-state index contributed by atoms with van der Waals surface area (Å²) >= 11 is 6.09. The first-order valence-electron chi connectivity index (χ1n) is 9.74. The lowest BCUT2D eigenvalue weighted by Gasteiger charge is -2.16. The van der Waals surface area contributed by atoms with Gasteiger partial charge in [-0.1, -0.05) is 60.1 Å². The van der Waals surface area contributed by atoms with Crippen LogP contribution in [0.15, 0.2) is 72.8 Å². The number of hydrogen-bond acceptors (Lipinski definition) is 4. The molecule has 7 heteroatoms. The highest BCUT2D eigenvalue weighted by Gasteiger charge is 2.28. The van der Waals surface area contributed by atoms with Crippen molar-refractivity contribution in [1.82, 2.24) is 0 Å². The van der Waals surface area contributed by atoms with Crippen molar-refractivity contribution in [3.8, 4) is 0 Å². The summed E-state index contributed by atoms with van der Waals surface area (Å²) in [5, 5.41) is 6.82. The summed E-state index contributed by atoms with van der Waals surface area (Å²) in [5.74, 6) is -0.652. The van der Waals surface area contributed by atoms with Crippen molar-refractivity contribution in [2.24, 2.45) is 11.5 Å². The Morgan fingerprint density at radius 2 is 1.74 bits per heavy atom. The molecule has 0 saturated carbocycles. The quantitative estimate of drug-likeness (QED) is 0.438. The Balaban J connectivity index is 1.74. The summed E-state index contributed by atoms with van der Waals surface area (Å²) in [5.41, 5.74) is 16.4. The van der Waals surface area contributed by atoms with Gasteiger partial charge in [0.05, 0.1) is 17.0 Å². The van der Waals surface area contributed by atoms with E-state index >= 15 is 0 Å². The molecule has 1 heterocycles. The van der Waals surface area contributed by atoms with E-state index in [1.807, 2.05) is 60.7 Å². The fourth-order valence-electron chi connectivity index (χ4n) is 3.57. The van der Waals surface area contributed by atoms with Gasteiger partial charge in [-0.2, -0.15) is 0 Å². The number of primary amides is 1.